The highest BCUT2D eigenvalue weighted by molar-refractivity contribution is 6.30. The van der Waals surface area contributed by atoms with Crippen molar-refractivity contribution in [3.8, 4) is 5.75 Å². The van der Waals surface area contributed by atoms with Gasteiger partial charge in [-0.05, 0) is 55.0 Å². The van der Waals surface area contributed by atoms with Crippen molar-refractivity contribution in [3.63, 3.8) is 0 Å². The first-order valence-corrected chi connectivity index (χ1v) is 7.36. The largest absolute Gasteiger partial charge is 0.494 e. The Morgan fingerprint density at radius 1 is 1.10 bits per heavy atom. The van der Waals surface area contributed by atoms with Crippen LogP contribution >= 0.6 is 11.6 Å². The molecule has 0 unspecified atom stereocenters. The van der Waals surface area contributed by atoms with Gasteiger partial charge in [-0.25, -0.2) is 0 Å². The summed E-state index contributed by atoms with van der Waals surface area (Å²) in [6.45, 7) is 2.84. The van der Waals surface area contributed by atoms with Gasteiger partial charge in [0.2, 0.25) is 0 Å². The third-order valence-electron chi connectivity index (χ3n) is 2.99. The van der Waals surface area contributed by atoms with E-state index in [0.717, 1.165) is 24.3 Å². The van der Waals surface area contributed by atoms with E-state index in [-0.39, 0.29) is 5.91 Å². The normalized spacial score (nSPS) is 10.2. The second-order valence-corrected chi connectivity index (χ2v) is 5.12. The zero-order valence-electron chi connectivity index (χ0n) is 11.9. The quantitative estimate of drug-likeness (QED) is 0.781. The number of amides is 1. The molecule has 0 bridgehead atoms. The summed E-state index contributed by atoms with van der Waals surface area (Å²) in [5.41, 5.74) is 1.31. The van der Waals surface area contributed by atoms with E-state index in [4.69, 9.17) is 16.3 Å². The Kier molecular flexibility index (Phi) is 5.64. The molecule has 1 amide bonds. The molecule has 0 aliphatic rings. The Morgan fingerprint density at radius 2 is 1.76 bits per heavy atom. The molecule has 21 heavy (non-hydrogen) atoms. The molecule has 0 heterocycles. The van der Waals surface area contributed by atoms with Gasteiger partial charge in [0.25, 0.3) is 5.91 Å². The molecule has 3 nitrogen and oxygen atoms in total. The SMILES string of the molecule is CCCCOc1ccc(NC(=O)c2ccc(Cl)cc2)cc1. The Labute approximate surface area is 129 Å². The van der Waals surface area contributed by atoms with Crippen LogP contribution in [0.5, 0.6) is 5.75 Å². The highest BCUT2D eigenvalue weighted by atomic mass is 35.5. The summed E-state index contributed by atoms with van der Waals surface area (Å²) in [6, 6.07) is 14.1. The van der Waals surface area contributed by atoms with E-state index in [1.165, 1.54) is 0 Å². The van der Waals surface area contributed by atoms with E-state index >= 15 is 0 Å². The summed E-state index contributed by atoms with van der Waals surface area (Å²) >= 11 is 5.80. The predicted octanol–water partition coefficient (Wildman–Crippen LogP) is 4.77. The van der Waals surface area contributed by atoms with Crippen LogP contribution < -0.4 is 10.1 Å². The molecule has 0 aromatic heterocycles. The average molecular weight is 304 g/mol. The van der Waals surface area contributed by atoms with Gasteiger partial charge >= 0.3 is 0 Å². The molecule has 2 rings (SSSR count). The lowest BCUT2D eigenvalue weighted by molar-refractivity contribution is 0.102. The first-order valence-electron chi connectivity index (χ1n) is 6.99. The number of hydrogen-bond donors (Lipinski definition) is 1. The third kappa shape index (κ3) is 4.80. The zero-order chi connectivity index (χ0) is 15.1. The second kappa shape index (κ2) is 7.70. The maximum Gasteiger partial charge on any atom is 0.255 e. The fourth-order valence-electron chi connectivity index (χ4n) is 1.77. The molecule has 1 N–H and O–H groups in total. The van der Waals surface area contributed by atoms with E-state index in [2.05, 4.69) is 12.2 Å². The molecule has 0 saturated carbocycles. The molecule has 110 valence electrons. The third-order valence-corrected chi connectivity index (χ3v) is 3.24. The maximum atomic E-state index is 12.0. The average Bonchev–Trinajstić information content (AvgIpc) is 2.50. The molecule has 0 aliphatic heterocycles. The zero-order valence-corrected chi connectivity index (χ0v) is 12.7. The van der Waals surface area contributed by atoms with E-state index < -0.39 is 0 Å². The predicted molar refractivity (Wildman–Crippen MR) is 86.3 cm³/mol. The van der Waals surface area contributed by atoms with Gasteiger partial charge in [0, 0.05) is 16.3 Å². The van der Waals surface area contributed by atoms with Crippen LogP contribution in [0.15, 0.2) is 48.5 Å². The minimum atomic E-state index is -0.161. The lowest BCUT2D eigenvalue weighted by Gasteiger charge is -2.08. The number of carbonyl (C=O) groups excluding carboxylic acids is 1. The minimum absolute atomic E-state index is 0.161. The molecule has 0 fully saturated rings. The van der Waals surface area contributed by atoms with Gasteiger partial charge in [-0.1, -0.05) is 24.9 Å². The van der Waals surface area contributed by atoms with E-state index in [1.807, 2.05) is 24.3 Å². The summed E-state index contributed by atoms with van der Waals surface area (Å²) in [5, 5.41) is 3.45. The van der Waals surface area contributed by atoms with Gasteiger partial charge in [-0.2, -0.15) is 0 Å². The first kappa shape index (κ1) is 15.4. The molecule has 4 heteroatoms. The number of benzene rings is 2. The highest BCUT2D eigenvalue weighted by Crippen LogP contribution is 2.17. The summed E-state index contributed by atoms with van der Waals surface area (Å²) in [5.74, 6) is 0.652. The lowest BCUT2D eigenvalue weighted by atomic mass is 10.2. The number of carbonyl (C=O) groups is 1. The number of rotatable bonds is 6. The summed E-state index contributed by atoms with van der Waals surface area (Å²) in [7, 11) is 0. The molecule has 0 radical (unpaired) electrons. The number of anilines is 1. The van der Waals surface area contributed by atoms with Crippen LogP contribution in [-0.4, -0.2) is 12.5 Å². The van der Waals surface area contributed by atoms with Crippen molar-refractivity contribution >= 4 is 23.2 Å². The van der Waals surface area contributed by atoms with Gasteiger partial charge in [0.05, 0.1) is 6.61 Å². The number of ether oxygens (including phenoxy) is 1. The molecule has 2 aromatic rings. The number of hydrogen-bond acceptors (Lipinski definition) is 2. The molecule has 0 aliphatic carbocycles. The van der Waals surface area contributed by atoms with E-state index in [0.29, 0.717) is 17.2 Å². The lowest BCUT2D eigenvalue weighted by Crippen LogP contribution is -2.11. The fraction of sp³-hybridized carbons (Fsp3) is 0.235. The van der Waals surface area contributed by atoms with Crippen LogP contribution in [0.1, 0.15) is 30.1 Å². The van der Waals surface area contributed by atoms with Crippen molar-refractivity contribution in [1.29, 1.82) is 0 Å². The van der Waals surface area contributed by atoms with Gasteiger partial charge in [0.1, 0.15) is 5.75 Å². The molecule has 0 atom stereocenters. The van der Waals surface area contributed by atoms with Crippen LogP contribution in [0.3, 0.4) is 0 Å². The summed E-state index contributed by atoms with van der Waals surface area (Å²) in [6.07, 6.45) is 2.14. The van der Waals surface area contributed by atoms with E-state index in [9.17, 15) is 4.79 Å². The monoisotopic (exact) mass is 303 g/mol. The van der Waals surface area contributed by atoms with E-state index in [1.54, 1.807) is 24.3 Å². The molecular weight excluding hydrogens is 286 g/mol. The standard InChI is InChI=1S/C17H18ClNO2/c1-2-3-12-21-16-10-8-15(9-11-16)19-17(20)13-4-6-14(18)7-5-13/h4-11H,2-3,12H2,1H3,(H,19,20). The van der Waals surface area contributed by atoms with Crippen molar-refractivity contribution in [2.24, 2.45) is 0 Å². The van der Waals surface area contributed by atoms with Crippen LogP contribution in [0.2, 0.25) is 5.02 Å². The number of nitrogens with one attached hydrogen (secondary N) is 1. The molecular formula is C17H18ClNO2. The van der Waals surface area contributed by atoms with Gasteiger partial charge < -0.3 is 10.1 Å². The van der Waals surface area contributed by atoms with Gasteiger partial charge in [-0.15, -0.1) is 0 Å². The summed E-state index contributed by atoms with van der Waals surface area (Å²) in [4.78, 5) is 12.0. The number of halogens is 1. The Balaban J connectivity index is 1.93. The molecule has 0 spiro atoms. The number of unbranched alkanes of at least 4 members (excludes halogenated alkanes) is 1. The highest BCUT2D eigenvalue weighted by Gasteiger charge is 2.05. The van der Waals surface area contributed by atoms with Crippen molar-refractivity contribution in [2.45, 2.75) is 19.8 Å². The van der Waals surface area contributed by atoms with Crippen LogP contribution in [0.4, 0.5) is 5.69 Å². The fourth-order valence-corrected chi connectivity index (χ4v) is 1.90. The van der Waals surface area contributed by atoms with Crippen LogP contribution in [-0.2, 0) is 0 Å². The smallest absolute Gasteiger partial charge is 0.255 e. The van der Waals surface area contributed by atoms with Gasteiger partial charge in [0.15, 0.2) is 0 Å². The Morgan fingerprint density at radius 3 is 2.38 bits per heavy atom. The molecule has 0 saturated heterocycles. The van der Waals surface area contributed by atoms with Crippen molar-refractivity contribution in [2.75, 3.05) is 11.9 Å². The maximum absolute atomic E-state index is 12.0. The minimum Gasteiger partial charge on any atom is -0.494 e. The second-order valence-electron chi connectivity index (χ2n) is 4.69. The summed E-state index contributed by atoms with van der Waals surface area (Å²) < 4.78 is 5.58. The van der Waals surface area contributed by atoms with Gasteiger partial charge in [-0.3, -0.25) is 4.79 Å². The van der Waals surface area contributed by atoms with Crippen molar-refractivity contribution in [3.05, 3.63) is 59.1 Å². The Hall–Kier alpha value is -2.00. The topological polar surface area (TPSA) is 38.3 Å². The van der Waals surface area contributed by atoms with Crippen molar-refractivity contribution < 1.29 is 9.53 Å². The first-order chi connectivity index (χ1) is 10.2. The Bertz CT molecular complexity index is 579. The molecule has 2 aromatic carbocycles. The van der Waals surface area contributed by atoms with Crippen LogP contribution in [0.25, 0.3) is 0 Å². The van der Waals surface area contributed by atoms with Crippen molar-refractivity contribution in [1.82, 2.24) is 0 Å². The van der Waals surface area contributed by atoms with Crippen LogP contribution in [0, 0.1) is 0 Å².